The van der Waals surface area contributed by atoms with Gasteiger partial charge in [-0.15, -0.1) is 0 Å². The molecule has 0 saturated carbocycles. The van der Waals surface area contributed by atoms with Crippen molar-refractivity contribution >= 4 is 58.0 Å². The predicted molar refractivity (Wildman–Crippen MR) is 264 cm³/mol. The van der Waals surface area contributed by atoms with Crippen LogP contribution in [0.25, 0.3) is 0 Å². The van der Waals surface area contributed by atoms with E-state index in [1.54, 1.807) is 62.5 Å². The quantitative estimate of drug-likeness (QED) is 0.0295. The van der Waals surface area contributed by atoms with Gasteiger partial charge < -0.3 is 124 Å². The number of rotatable bonds is 16. The van der Waals surface area contributed by atoms with Gasteiger partial charge in [0.2, 0.25) is 0 Å². The van der Waals surface area contributed by atoms with Gasteiger partial charge in [0, 0.05) is 7.11 Å². The van der Waals surface area contributed by atoms with Crippen LogP contribution in [-0.4, -0.2) is 287 Å². The molecule has 4 saturated heterocycles. The standard InChI is InChI=1S/C14H22O8.C12H18O8.C8H14O7.C6H10O8.C5H12O.Na.H2O4S.H2O/c1-13(2)19-7(9(21-13)11(15)17-5)8-10(12(16)18-6)22-14(3,4)20-8;1-11(2)17-5(7(19-11)9(13)14)6-8(10(15)16)20-12(3,4)18-6;1-3(9)4(10)5(11)6(12)7(13)8(14)15-2;7-1(3(9)5(11)12)2(8)4(10)6(13)14;1-5(2,3)6-4;;1-5(2,3)4;/h7-10H,1-6H3;5-8H,1-4H3,(H,13,14)(H,15,16);4-7,10-13H,1-2H3;1-4,7-10H,(H,11,12)(H,13,14);1-4H3;;(H2,1,2,3,4);1H2/q;;;;;+1;;/p-1/t7-,8+,9+,10-;5-,6+,7+,8-;4-,5+,6+,7-;1-,2+,3+,4-;;;;/m..1...../s1. The minimum Gasteiger partial charge on any atom is -0.870 e. The molecule has 39 heteroatoms. The van der Waals surface area contributed by atoms with Gasteiger partial charge in [0.15, 0.2) is 71.7 Å². The van der Waals surface area contributed by atoms with E-state index in [0.29, 0.717) is 0 Å². The van der Waals surface area contributed by atoms with Crippen molar-refractivity contribution < 1.29 is 209 Å². The van der Waals surface area contributed by atoms with E-state index >= 15 is 0 Å². The predicted octanol–water partition coefficient (Wildman–Crippen LogP) is -8.03. The molecule has 4 fully saturated rings. The third-order valence-electron chi connectivity index (χ3n) is 10.5. The first-order valence-corrected chi connectivity index (χ1v) is 25.0. The van der Waals surface area contributed by atoms with Gasteiger partial charge in [-0.2, -0.15) is 8.42 Å². The van der Waals surface area contributed by atoms with E-state index in [-0.39, 0.29) is 40.6 Å². The molecule has 0 bridgehead atoms. The van der Waals surface area contributed by atoms with Crippen molar-refractivity contribution in [2.45, 2.75) is 209 Å². The van der Waals surface area contributed by atoms with Crippen molar-refractivity contribution in [3.05, 3.63) is 0 Å². The van der Waals surface area contributed by atoms with Crippen LogP contribution >= 0.6 is 0 Å². The summed E-state index contributed by atoms with van der Waals surface area (Å²) in [7, 11) is 0.523. The Morgan fingerprint density at radius 1 is 0.440 bits per heavy atom. The average Bonchev–Trinajstić information content (AvgIpc) is 4.08. The number of carboxylic acids is 4. The first-order valence-electron chi connectivity index (χ1n) is 23.6. The number of methoxy groups -OCH3 is 4. The Labute approximate surface area is 503 Å². The second-order valence-corrected chi connectivity index (χ2v) is 21.0. The molecule has 0 radical (unpaired) electrons. The van der Waals surface area contributed by atoms with Crippen LogP contribution in [0.15, 0.2) is 0 Å². The summed E-state index contributed by atoms with van der Waals surface area (Å²) in [6.07, 6.45) is -25.6. The molecule has 4 rings (SSSR count). The van der Waals surface area contributed by atoms with Gasteiger partial charge in [0.05, 0.1) is 26.9 Å². The van der Waals surface area contributed by atoms with E-state index in [1.165, 1.54) is 14.2 Å². The monoisotopic (exact) mass is 1270 g/mol. The summed E-state index contributed by atoms with van der Waals surface area (Å²) < 4.78 is 94.3. The van der Waals surface area contributed by atoms with Crippen molar-refractivity contribution in [1.82, 2.24) is 0 Å². The number of carbonyl (C=O) groups excluding carboxylic acids is 4. The Balaban J connectivity index is -0.000000481. The number of ketones is 1. The first kappa shape index (κ1) is 86.5. The third-order valence-corrected chi connectivity index (χ3v) is 10.5. The molecule has 15 N–H and O–H groups in total. The zero-order chi connectivity index (χ0) is 65.3. The molecule has 16 atom stereocenters. The number of hydrogen-bond donors (Lipinski definition) is 14. The summed E-state index contributed by atoms with van der Waals surface area (Å²) >= 11 is 0. The minimum atomic E-state index is -4.67. The molecule has 488 valence electrons. The van der Waals surface area contributed by atoms with Crippen LogP contribution in [0.2, 0.25) is 0 Å². The maximum atomic E-state index is 11.9. The number of hydrogen-bond acceptors (Lipinski definition) is 31. The molecule has 0 aromatic carbocycles. The van der Waals surface area contributed by atoms with Crippen LogP contribution < -0.4 is 29.6 Å². The summed E-state index contributed by atoms with van der Waals surface area (Å²) in [5, 5.41) is 106. The SMILES string of the molecule is CC1(C)O[C@H]([C@@H]2OC(C)(C)O[C@H]2C(=O)O)[C@@H](C(=O)O)O1.COC(=O)[C@H](O)[C@@H](O)[C@@H](O)[C@H](O)C(C)=O.COC(=O)[C@H]1OC(C)(C)O[C@@H]1[C@@H]1OC(C)(C)O[C@H]1C(=O)OC.COC(C)(C)C.O=C(O)[C@@H](O)[C@H](O)[C@H](O)[C@@H](O)C(=O)O.O=S(=O)(O)O.[Na+].[OH-]. The van der Waals surface area contributed by atoms with Gasteiger partial charge in [-0.3, -0.25) is 13.9 Å². The van der Waals surface area contributed by atoms with Crippen molar-refractivity contribution in [1.29, 1.82) is 0 Å². The zero-order valence-corrected chi connectivity index (χ0v) is 51.7. The topological polar surface area (TPSA) is 595 Å². The average molecular weight is 1270 g/mol. The van der Waals surface area contributed by atoms with Gasteiger partial charge in [-0.05, 0) is 83.1 Å². The summed E-state index contributed by atoms with van der Waals surface area (Å²) in [4.78, 5) is 87.9. The Hall–Kier alpha value is -3.89. The maximum Gasteiger partial charge on any atom is 1.00 e. The normalized spacial score (nSPS) is 26.8. The largest absolute Gasteiger partial charge is 1.00 e. The van der Waals surface area contributed by atoms with E-state index < -0.39 is 179 Å². The number of ether oxygens (including phenoxy) is 12. The summed E-state index contributed by atoms with van der Waals surface area (Å²) in [5.41, 5.74) is 0.0417. The zero-order valence-electron chi connectivity index (χ0n) is 48.8. The van der Waals surface area contributed by atoms with Crippen LogP contribution in [0.4, 0.5) is 0 Å². The fourth-order valence-electron chi connectivity index (χ4n) is 6.64. The van der Waals surface area contributed by atoms with Gasteiger partial charge in [0.1, 0.15) is 54.9 Å². The van der Waals surface area contributed by atoms with E-state index in [0.717, 1.165) is 14.0 Å². The van der Waals surface area contributed by atoms with E-state index in [1.807, 2.05) is 20.8 Å². The van der Waals surface area contributed by atoms with Gasteiger partial charge >= 0.3 is 81.7 Å². The maximum absolute atomic E-state index is 11.9. The molecule has 0 aromatic rings. The summed E-state index contributed by atoms with van der Waals surface area (Å²) in [6.45, 7) is 19.9. The number of aliphatic carboxylic acids is 4. The summed E-state index contributed by atoms with van der Waals surface area (Å²) in [6, 6.07) is 0. The second kappa shape index (κ2) is 35.8. The second-order valence-electron chi connectivity index (χ2n) is 20.1. The Morgan fingerprint density at radius 3 is 0.845 bits per heavy atom. The molecule has 4 aliphatic heterocycles. The smallest absolute Gasteiger partial charge is 0.870 e. The number of esters is 3. The number of carbonyl (C=O) groups is 8. The molecule has 4 aliphatic rings. The van der Waals surface area contributed by atoms with Crippen LogP contribution in [-0.2, 0) is 106 Å². The molecule has 0 unspecified atom stereocenters. The van der Waals surface area contributed by atoms with Crippen LogP contribution in [0.3, 0.4) is 0 Å². The molecule has 84 heavy (non-hydrogen) atoms. The van der Waals surface area contributed by atoms with E-state index in [9.17, 15) is 58.8 Å². The van der Waals surface area contributed by atoms with Crippen LogP contribution in [0.5, 0.6) is 0 Å². The van der Waals surface area contributed by atoms with Gasteiger partial charge in [0.25, 0.3) is 0 Å². The Morgan fingerprint density at radius 2 is 0.655 bits per heavy atom. The fourth-order valence-corrected chi connectivity index (χ4v) is 6.64. The molecule has 0 spiro atoms. The fraction of sp³-hybridized carbons (Fsp3) is 0.822. The Kier molecular flexibility index (Phi) is 36.9. The molecule has 0 aliphatic carbocycles. The molecule has 0 aromatic heterocycles. The molecular weight excluding hydrogens is 1190 g/mol. The molecule has 4 heterocycles. The Bertz CT molecular complexity index is 2120. The molecule has 37 nitrogen and oxygen atoms in total. The van der Waals surface area contributed by atoms with Crippen LogP contribution in [0.1, 0.15) is 83.1 Å². The van der Waals surface area contributed by atoms with E-state index in [4.69, 9.17) is 110 Å². The van der Waals surface area contributed by atoms with E-state index in [2.05, 4.69) is 4.74 Å². The minimum absolute atomic E-state index is 0. The van der Waals surface area contributed by atoms with Crippen LogP contribution in [0, 0.1) is 0 Å². The van der Waals surface area contributed by atoms with Gasteiger partial charge in [-0.1, -0.05) is 0 Å². The van der Waals surface area contributed by atoms with Crippen molar-refractivity contribution in [2.24, 2.45) is 0 Å². The molecular formula is C45H79NaO37S. The summed E-state index contributed by atoms with van der Waals surface area (Å²) in [5.74, 6) is -13.6. The number of aliphatic hydroxyl groups is 8. The van der Waals surface area contributed by atoms with Gasteiger partial charge in [-0.25, -0.2) is 33.6 Å². The molecule has 0 amide bonds. The van der Waals surface area contributed by atoms with Crippen molar-refractivity contribution in [3.63, 3.8) is 0 Å². The first-order chi connectivity index (χ1) is 36.8. The number of aliphatic hydroxyl groups excluding tert-OH is 8. The van der Waals surface area contributed by atoms with Crippen molar-refractivity contribution in [3.8, 4) is 0 Å². The number of Topliss-reactive ketones (excluding diaryl/α,β-unsaturated/α-hetero) is 1. The van der Waals surface area contributed by atoms with Crippen molar-refractivity contribution in [2.75, 3.05) is 28.4 Å². The third kappa shape index (κ3) is 29.7. The number of carboxylic acid groups (broad SMARTS) is 4.